The van der Waals surface area contributed by atoms with E-state index in [0.29, 0.717) is 10.6 Å². The Labute approximate surface area is 131 Å². The van der Waals surface area contributed by atoms with Crippen molar-refractivity contribution in [3.63, 3.8) is 0 Å². The number of hydrogen-bond donors (Lipinski definition) is 2. The van der Waals surface area contributed by atoms with Gasteiger partial charge in [0, 0.05) is 27.3 Å². The normalized spacial score (nSPS) is 15.3. The van der Waals surface area contributed by atoms with E-state index in [1.807, 2.05) is 0 Å². The van der Waals surface area contributed by atoms with Crippen LogP contribution in [0.15, 0.2) is 54.1 Å². The molecule has 0 bridgehead atoms. The number of fused-ring (bicyclic) bond motifs is 1. The molecule has 1 unspecified atom stereocenters. The van der Waals surface area contributed by atoms with E-state index >= 15 is 0 Å². The van der Waals surface area contributed by atoms with E-state index < -0.39 is 11.9 Å². The SMILES string of the molecule is O=C1C=C(C(O)c2cc(Cl)ccc2O)C(=O)c2ccccc21. The molecule has 0 saturated carbocycles. The van der Waals surface area contributed by atoms with E-state index in [2.05, 4.69) is 0 Å². The van der Waals surface area contributed by atoms with Crippen molar-refractivity contribution >= 4 is 23.2 Å². The molecule has 4 nitrogen and oxygen atoms in total. The van der Waals surface area contributed by atoms with Crippen LogP contribution in [0, 0.1) is 0 Å². The fourth-order valence-corrected chi connectivity index (χ4v) is 2.63. The number of aliphatic hydroxyl groups is 1. The molecular weight excluding hydrogens is 304 g/mol. The summed E-state index contributed by atoms with van der Waals surface area (Å²) >= 11 is 5.85. The lowest BCUT2D eigenvalue weighted by Gasteiger charge is -2.20. The number of aliphatic hydroxyl groups excluding tert-OH is 1. The predicted octanol–water partition coefficient (Wildman–Crippen LogP) is 3.08. The zero-order valence-electron chi connectivity index (χ0n) is 11.3. The van der Waals surface area contributed by atoms with Gasteiger partial charge in [0.05, 0.1) is 0 Å². The highest BCUT2D eigenvalue weighted by Gasteiger charge is 2.31. The van der Waals surface area contributed by atoms with Crippen molar-refractivity contribution < 1.29 is 19.8 Å². The number of carbonyl (C=O) groups is 2. The number of benzene rings is 2. The molecule has 2 N–H and O–H groups in total. The number of allylic oxidation sites excluding steroid dienone is 1. The van der Waals surface area contributed by atoms with Crippen LogP contribution in [-0.2, 0) is 0 Å². The van der Waals surface area contributed by atoms with Gasteiger partial charge in [-0.1, -0.05) is 35.9 Å². The van der Waals surface area contributed by atoms with Gasteiger partial charge >= 0.3 is 0 Å². The van der Waals surface area contributed by atoms with Gasteiger partial charge in [-0.2, -0.15) is 0 Å². The van der Waals surface area contributed by atoms with Crippen molar-refractivity contribution in [3.8, 4) is 5.75 Å². The van der Waals surface area contributed by atoms with Gasteiger partial charge in [0.15, 0.2) is 11.6 Å². The molecule has 0 heterocycles. The van der Waals surface area contributed by atoms with Crippen LogP contribution in [0.4, 0.5) is 0 Å². The zero-order chi connectivity index (χ0) is 15.9. The number of carbonyl (C=O) groups excluding carboxylic acids is 2. The minimum atomic E-state index is -1.43. The topological polar surface area (TPSA) is 74.6 Å². The summed E-state index contributed by atoms with van der Waals surface area (Å²) in [6.07, 6.45) is -0.320. The van der Waals surface area contributed by atoms with Crippen LogP contribution in [-0.4, -0.2) is 21.8 Å². The molecule has 2 aromatic carbocycles. The predicted molar refractivity (Wildman–Crippen MR) is 81.3 cm³/mol. The van der Waals surface area contributed by atoms with E-state index in [1.54, 1.807) is 18.2 Å². The van der Waals surface area contributed by atoms with Gasteiger partial charge in [-0.3, -0.25) is 9.59 Å². The lowest BCUT2D eigenvalue weighted by Crippen LogP contribution is -2.21. The largest absolute Gasteiger partial charge is 0.508 e. The number of phenols is 1. The molecule has 0 radical (unpaired) electrons. The summed E-state index contributed by atoms with van der Waals surface area (Å²) in [4.78, 5) is 24.6. The highest BCUT2D eigenvalue weighted by molar-refractivity contribution is 6.30. The summed E-state index contributed by atoms with van der Waals surface area (Å²) in [5.74, 6) is -0.996. The number of ketones is 2. The lowest BCUT2D eigenvalue weighted by atomic mass is 9.85. The second kappa shape index (κ2) is 5.40. The van der Waals surface area contributed by atoms with Crippen LogP contribution >= 0.6 is 11.6 Å². The van der Waals surface area contributed by atoms with Crippen molar-refractivity contribution in [1.29, 1.82) is 0 Å². The Hall–Kier alpha value is -2.43. The van der Waals surface area contributed by atoms with Crippen molar-refractivity contribution in [1.82, 2.24) is 0 Å². The number of hydrogen-bond acceptors (Lipinski definition) is 4. The second-order valence-electron chi connectivity index (χ2n) is 4.94. The zero-order valence-corrected chi connectivity index (χ0v) is 12.0. The third-order valence-corrected chi connectivity index (χ3v) is 3.80. The highest BCUT2D eigenvalue weighted by Crippen LogP contribution is 2.35. The summed E-state index contributed by atoms with van der Waals surface area (Å²) < 4.78 is 0. The molecule has 22 heavy (non-hydrogen) atoms. The van der Waals surface area contributed by atoms with Gasteiger partial charge in [0.2, 0.25) is 0 Å². The molecule has 1 aliphatic rings. The van der Waals surface area contributed by atoms with Crippen LogP contribution in [0.5, 0.6) is 5.75 Å². The minimum Gasteiger partial charge on any atom is -0.508 e. The van der Waals surface area contributed by atoms with Gasteiger partial charge in [-0.15, -0.1) is 0 Å². The molecule has 0 aromatic heterocycles. The van der Waals surface area contributed by atoms with Gasteiger partial charge in [-0.05, 0) is 24.3 Å². The Morgan fingerprint density at radius 1 is 1.00 bits per heavy atom. The molecule has 0 aliphatic heterocycles. The van der Waals surface area contributed by atoms with E-state index in [1.165, 1.54) is 24.3 Å². The summed E-state index contributed by atoms with van der Waals surface area (Å²) in [6.45, 7) is 0. The number of rotatable bonds is 2. The Bertz CT molecular complexity index is 823. The smallest absolute Gasteiger partial charge is 0.192 e. The fourth-order valence-electron chi connectivity index (χ4n) is 2.45. The molecule has 110 valence electrons. The van der Waals surface area contributed by atoms with Crippen molar-refractivity contribution in [3.05, 3.63) is 75.8 Å². The van der Waals surface area contributed by atoms with Gasteiger partial charge in [0.1, 0.15) is 11.9 Å². The summed E-state index contributed by atoms with van der Waals surface area (Å²) in [5.41, 5.74) is 0.546. The van der Waals surface area contributed by atoms with Gasteiger partial charge in [-0.25, -0.2) is 0 Å². The average molecular weight is 315 g/mol. The third kappa shape index (κ3) is 2.32. The molecule has 0 fully saturated rings. The summed E-state index contributed by atoms with van der Waals surface area (Å²) in [5, 5.41) is 20.6. The number of halogens is 1. The molecule has 3 rings (SSSR count). The van der Waals surface area contributed by atoms with Gasteiger partial charge < -0.3 is 10.2 Å². The molecule has 1 atom stereocenters. The molecule has 5 heteroatoms. The first kappa shape index (κ1) is 14.5. The standard InChI is InChI=1S/C17H11ClO4/c18-9-5-6-14(19)12(7-9)17(22)13-8-15(20)10-3-1-2-4-11(10)16(13)21/h1-8,17,19,22H. The highest BCUT2D eigenvalue weighted by atomic mass is 35.5. The van der Waals surface area contributed by atoms with Crippen LogP contribution in [0.2, 0.25) is 5.02 Å². The molecule has 0 amide bonds. The van der Waals surface area contributed by atoms with E-state index in [4.69, 9.17) is 11.6 Å². The van der Waals surface area contributed by atoms with Crippen LogP contribution < -0.4 is 0 Å². The quantitative estimate of drug-likeness (QED) is 0.893. The Morgan fingerprint density at radius 3 is 2.41 bits per heavy atom. The Morgan fingerprint density at radius 2 is 1.68 bits per heavy atom. The Balaban J connectivity index is 2.08. The third-order valence-electron chi connectivity index (χ3n) is 3.56. The maximum atomic E-state index is 12.5. The van der Waals surface area contributed by atoms with E-state index in [9.17, 15) is 19.8 Å². The first-order chi connectivity index (χ1) is 10.5. The van der Waals surface area contributed by atoms with Crippen LogP contribution in [0.1, 0.15) is 32.4 Å². The van der Waals surface area contributed by atoms with Gasteiger partial charge in [0.25, 0.3) is 0 Å². The van der Waals surface area contributed by atoms with Crippen molar-refractivity contribution in [2.75, 3.05) is 0 Å². The number of Topliss-reactive ketones (excluding diaryl/α,β-unsaturated/α-hetero) is 1. The number of phenolic OH excluding ortho intramolecular Hbond substituents is 1. The summed E-state index contributed by atoms with van der Waals surface area (Å²) in [6, 6.07) is 10.6. The van der Waals surface area contributed by atoms with Crippen LogP contribution in [0.25, 0.3) is 0 Å². The lowest BCUT2D eigenvalue weighted by molar-refractivity contribution is 0.0946. The molecular formula is C17H11ClO4. The van der Waals surface area contributed by atoms with Crippen LogP contribution in [0.3, 0.4) is 0 Å². The Kier molecular flexibility index (Phi) is 3.56. The second-order valence-corrected chi connectivity index (χ2v) is 5.38. The molecule has 2 aromatic rings. The van der Waals surface area contributed by atoms with E-state index in [0.717, 1.165) is 6.08 Å². The first-order valence-corrected chi connectivity index (χ1v) is 6.93. The van der Waals surface area contributed by atoms with Crippen molar-refractivity contribution in [2.24, 2.45) is 0 Å². The van der Waals surface area contributed by atoms with E-state index in [-0.39, 0.29) is 28.2 Å². The molecule has 1 aliphatic carbocycles. The maximum Gasteiger partial charge on any atom is 0.192 e. The monoisotopic (exact) mass is 314 g/mol. The maximum absolute atomic E-state index is 12.5. The van der Waals surface area contributed by atoms with Crippen molar-refractivity contribution in [2.45, 2.75) is 6.10 Å². The molecule has 0 saturated heterocycles. The summed E-state index contributed by atoms with van der Waals surface area (Å²) in [7, 11) is 0. The minimum absolute atomic E-state index is 0.0822. The number of aromatic hydroxyl groups is 1. The molecule has 0 spiro atoms. The first-order valence-electron chi connectivity index (χ1n) is 6.55. The fraction of sp³-hybridized carbons (Fsp3) is 0.0588. The average Bonchev–Trinajstić information content (AvgIpc) is 2.52.